The number of hydrogen-bond acceptors (Lipinski definition) is 2. The molecule has 0 aliphatic heterocycles. The fourth-order valence-electron chi connectivity index (χ4n) is 1.58. The van der Waals surface area contributed by atoms with Crippen LogP contribution in [0.25, 0.3) is 0 Å². The third-order valence-electron chi connectivity index (χ3n) is 2.55. The Hall–Kier alpha value is -0.770. The van der Waals surface area contributed by atoms with E-state index in [1.54, 1.807) is 11.8 Å². The van der Waals surface area contributed by atoms with Crippen LogP contribution < -0.4 is 5.32 Å². The van der Waals surface area contributed by atoms with Crippen LogP contribution in [0, 0.1) is 0 Å². The van der Waals surface area contributed by atoms with Gasteiger partial charge >= 0.3 is 0 Å². The molecule has 0 saturated carbocycles. The van der Waals surface area contributed by atoms with E-state index in [0.29, 0.717) is 0 Å². The van der Waals surface area contributed by atoms with Gasteiger partial charge in [-0.1, -0.05) is 46.7 Å². The molecule has 94 valence electrons. The smallest absolute Gasteiger partial charge is 0.0205 e. The van der Waals surface area contributed by atoms with Gasteiger partial charge in [0.2, 0.25) is 0 Å². The van der Waals surface area contributed by atoms with E-state index < -0.39 is 0 Å². The fraction of sp³-hybridized carbons (Fsp3) is 0.200. The first kappa shape index (κ1) is 13.7. The molecule has 0 bridgehead atoms. The predicted molar refractivity (Wildman–Crippen MR) is 82.1 cm³/mol. The molecule has 2 rings (SSSR count). The zero-order valence-corrected chi connectivity index (χ0v) is 12.7. The quantitative estimate of drug-likeness (QED) is 0.855. The molecule has 0 aliphatic rings. The van der Waals surface area contributed by atoms with Crippen LogP contribution in [0.3, 0.4) is 0 Å². The van der Waals surface area contributed by atoms with E-state index in [-0.39, 0.29) is 0 Å². The summed E-state index contributed by atoms with van der Waals surface area (Å²) in [7, 11) is 0. The largest absolute Gasteiger partial charge is 0.313 e. The van der Waals surface area contributed by atoms with Crippen LogP contribution in [0.15, 0.2) is 62.8 Å². The fourth-order valence-corrected chi connectivity index (χ4v) is 2.66. The number of rotatable bonds is 5. The Morgan fingerprint density at radius 2 is 1.50 bits per heavy atom. The van der Waals surface area contributed by atoms with Gasteiger partial charge in [0, 0.05) is 20.8 Å². The normalized spacial score (nSPS) is 10.6. The van der Waals surface area contributed by atoms with Gasteiger partial charge < -0.3 is 5.32 Å². The Kier molecular flexibility index (Phi) is 5.29. The molecule has 0 atom stereocenters. The van der Waals surface area contributed by atoms with Gasteiger partial charge in [-0.25, -0.2) is 0 Å². The third-order valence-corrected chi connectivity index (χ3v) is 4.10. The topological polar surface area (TPSA) is 12.0 Å². The maximum atomic E-state index is 3.45. The standard InChI is InChI=1S/C15H16BrNS/c1-2-17-11-12-3-7-14(8-4-12)18-15-9-5-13(16)6-10-15/h3-10,17H,2,11H2,1H3. The van der Waals surface area contributed by atoms with E-state index in [1.165, 1.54) is 15.4 Å². The van der Waals surface area contributed by atoms with Crippen LogP contribution in [-0.2, 0) is 6.54 Å². The summed E-state index contributed by atoms with van der Waals surface area (Å²) in [6.45, 7) is 4.08. The molecule has 0 aliphatic carbocycles. The highest BCUT2D eigenvalue weighted by Crippen LogP contribution is 2.28. The Balaban J connectivity index is 1.99. The molecule has 0 heterocycles. The lowest BCUT2D eigenvalue weighted by atomic mass is 10.2. The number of nitrogens with one attached hydrogen (secondary N) is 1. The van der Waals surface area contributed by atoms with E-state index in [4.69, 9.17) is 0 Å². The van der Waals surface area contributed by atoms with Crippen LogP contribution in [0.5, 0.6) is 0 Å². The van der Waals surface area contributed by atoms with E-state index in [0.717, 1.165) is 17.6 Å². The highest BCUT2D eigenvalue weighted by atomic mass is 79.9. The first-order valence-corrected chi connectivity index (χ1v) is 7.62. The predicted octanol–water partition coefficient (Wildman–Crippen LogP) is 4.71. The highest BCUT2D eigenvalue weighted by molar-refractivity contribution is 9.10. The SMILES string of the molecule is CCNCc1ccc(Sc2ccc(Br)cc2)cc1. The molecule has 18 heavy (non-hydrogen) atoms. The molecule has 0 amide bonds. The summed E-state index contributed by atoms with van der Waals surface area (Å²) in [5, 5.41) is 3.33. The molecular weight excluding hydrogens is 306 g/mol. The Labute approximate surface area is 121 Å². The van der Waals surface area contributed by atoms with Crippen LogP contribution in [-0.4, -0.2) is 6.54 Å². The second-order valence-electron chi connectivity index (χ2n) is 3.98. The highest BCUT2D eigenvalue weighted by Gasteiger charge is 1.98. The van der Waals surface area contributed by atoms with Crippen molar-refractivity contribution in [2.75, 3.05) is 6.54 Å². The molecule has 2 aromatic rings. The van der Waals surface area contributed by atoms with Crippen molar-refractivity contribution in [2.45, 2.75) is 23.3 Å². The number of hydrogen-bond donors (Lipinski definition) is 1. The minimum absolute atomic E-state index is 0.944. The van der Waals surface area contributed by atoms with Crippen LogP contribution in [0.4, 0.5) is 0 Å². The van der Waals surface area contributed by atoms with E-state index in [2.05, 4.69) is 76.7 Å². The molecule has 2 aromatic carbocycles. The zero-order chi connectivity index (χ0) is 12.8. The molecule has 1 nitrogen and oxygen atoms in total. The molecule has 0 radical (unpaired) electrons. The molecule has 0 fully saturated rings. The van der Waals surface area contributed by atoms with Gasteiger partial charge in [-0.3, -0.25) is 0 Å². The second kappa shape index (κ2) is 6.98. The molecule has 3 heteroatoms. The maximum Gasteiger partial charge on any atom is 0.0205 e. The van der Waals surface area contributed by atoms with Crippen LogP contribution in [0.2, 0.25) is 0 Å². The minimum atomic E-state index is 0.944. The lowest BCUT2D eigenvalue weighted by Crippen LogP contribution is -2.11. The number of halogens is 1. The average Bonchev–Trinajstić information content (AvgIpc) is 2.41. The average molecular weight is 322 g/mol. The van der Waals surface area contributed by atoms with E-state index in [9.17, 15) is 0 Å². The van der Waals surface area contributed by atoms with Gasteiger partial charge in [-0.2, -0.15) is 0 Å². The van der Waals surface area contributed by atoms with Crippen molar-refractivity contribution in [2.24, 2.45) is 0 Å². The molecule has 0 saturated heterocycles. The van der Waals surface area contributed by atoms with Crippen molar-refractivity contribution < 1.29 is 0 Å². The summed E-state index contributed by atoms with van der Waals surface area (Å²) in [6, 6.07) is 17.1. The van der Waals surface area contributed by atoms with E-state index in [1.807, 2.05) is 0 Å². The summed E-state index contributed by atoms with van der Waals surface area (Å²) in [5.74, 6) is 0. The van der Waals surface area contributed by atoms with Crippen LogP contribution >= 0.6 is 27.7 Å². The molecule has 0 aromatic heterocycles. The lowest BCUT2D eigenvalue weighted by molar-refractivity contribution is 0.726. The summed E-state index contributed by atoms with van der Waals surface area (Å²) in [4.78, 5) is 2.54. The van der Waals surface area contributed by atoms with Crippen molar-refractivity contribution in [3.05, 3.63) is 58.6 Å². The minimum Gasteiger partial charge on any atom is -0.313 e. The second-order valence-corrected chi connectivity index (χ2v) is 6.04. The lowest BCUT2D eigenvalue weighted by Gasteiger charge is -2.05. The van der Waals surface area contributed by atoms with Crippen LogP contribution in [0.1, 0.15) is 12.5 Å². The van der Waals surface area contributed by atoms with Crippen molar-refractivity contribution in [3.8, 4) is 0 Å². The molecule has 0 unspecified atom stereocenters. The Morgan fingerprint density at radius 1 is 0.944 bits per heavy atom. The van der Waals surface area contributed by atoms with Crippen molar-refractivity contribution in [3.63, 3.8) is 0 Å². The molecule has 1 N–H and O–H groups in total. The first-order valence-electron chi connectivity index (χ1n) is 6.01. The van der Waals surface area contributed by atoms with Gasteiger partial charge in [0.15, 0.2) is 0 Å². The molecule has 0 spiro atoms. The van der Waals surface area contributed by atoms with Gasteiger partial charge in [-0.15, -0.1) is 0 Å². The number of benzene rings is 2. The zero-order valence-electron chi connectivity index (χ0n) is 10.3. The monoisotopic (exact) mass is 321 g/mol. The Morgan fingerprint density at radius 3 is 2.06 bits per heavy atom. The third kappa shape index (κ3) is 4.16. The van der Waals surface area contributed by atoms with Crippen molar-refractivity contribution >= 4 is 27.7 Å². The maximum absolute atomic E-state index is 3.45. The van der Waals surface area contributed by atoms with Gasteiger partial charge in [0.1, 0.15) is 0 Å². The summed E-state index contributed by atoms with van der Waals surface area (Å²) < 4.78 is 1.12. The summed E-state index contributed by atoms with van der Waals surface area (Å²) >= 11 is 5.24. The van der Waals surface area contributed by atoms with Crippen molar-refractivity contribution in [1.82, 2.24) is 5.32 Å². The van der Waals surface area contributed by atoms with Crippen molar-refractivity contribution in [1.29, 1.82) is 0 Å². The summed E-state index contributed by atoms with van der Waals surface area (Å²) in [5.41, 5.74) is 1.33. The van der Waals surface area contributed by atoms with Gasteiger partial charge in [0.05, 0.1) is 0 Å². The van der Waals surface area contributed by atoms with Gasteiger partial charge in [0.25, 0.3) is 0 Å². The van der Waals surface area contributed by atoms with E-state index >= 15 is 0 Å². The Bertz CT molecular complexity index is 479. The summed E-state index contributed by atoms with van der Waals surface area (Å²) in [6.07, 6.45) is 0. The molecular formula is C15H16BrNS. The van der Waals surface area contributed by atoms with Gasteiger partial charge in [-0.05, 0) is 48.5 Å². The first-order chi connectivity index (χ1) is 8.78.